The highest BCUT2D eigenvalue weighted by Gasteiger charge is 2.39. The monoisotopic (exact) mass is 597 g/mol. The third kappa shape index (κ3) is 8.10. The first-order chi connectivity index (χ1) is 19.5. The number of aromatic nitrogens is 3. The van der Waals surface area contributed by atoms with Gasteiger partial charge in [0.1, 0.15) is 17.5 Å². The Kier molecular flexibility index (Phi) is 10.5. The lowest BCUT2D eigenvalue weighted by Crippen LogP contribution is -2.21. The maximum Gasteiger partial charge on any atom is 0.490 e. The van der Waals surface area contributed by atoms with Gasteiger partial charge in [0, 0.05) is 36.1 Å². The van der Waals surface area contributed by atoms with Crippen molar-refractivity contribution in [3.8, 4) is 34.5 Å². The molecule has 0 aliphatic heterocycles. The normalized spacial score (nSPS) is 11.6. The number of anilines is 2. The Labute approximate surface area is 233 Å². The predicted octanol–water partition coefficient (Wildman–Crippen LogP) is 4.31. The predicted molar refractivity (Wildman–Crippen MR) is 135 cm³/mol. The van der Waals surface area contributed by atoms with Crippen molar-refractivity contribution in [2.75, 3.05) is 24.2 Å². The lowest BCUT2D eigenvalue weighted by atomic mass is 9.86. The number of aromatic amines is 1. The third-order valence-electron chi connectivity index (χ3n) is 5.68. The number of nitrogens with zero attached hydrogens (tertiary/aromatic N) is 5. The molecule has 0 amide bonds. The first kappa shape index (κ1) is 32.9. The highest BCUT2D eigenvalue weighted by molar-refractivity contribution is 5.86. The molecule has 0 fully saturated rings. The van der Waals surface area contributed by atoms with Crippen LogP contribution in [-0.2, 0) is 22.4 Å². The number of aryl methyl sites for hydroxylation is 1. The number of carboxylic acid groups (broad SMARTS) is 2. The number of aliphatic carboxylic acids is 2. The minimum Gasteiger partial charge on any atom is -0.475 e. The number of H-pyrrole nitrogens is 1. The molecular formula is C25H21F6N7O4. The number of carboxylic acids is 2. The number of pyridine rings is 1. The number of benzene rings is 1. The van der Waals surface area contributed by atoms with Gasteiger partial charge in [-0.25, -0.2) is 14.6 Å². The van der Waals surface area contributed by atoms with Gasteiger partial charge in [0.05, 0.1) is 24.4 Å². The second-order valence-electron chi connectivity index (χ2n) is 8.43. The Morgan fingerprint density at radius 2 is 1.60 bits per heavy atom. The number of carbonyl (C=O) groups is 2. The molecule has 0 atom stereocenters. The quantitative estimate of drug-likeness (QED) is 0.315. The molecule has 2 heterocycles. The van der Waals surface area contributed by atoms with Gasteiger partial charge in [0.15, 0.2) is 0 Å². The van der Waals surface area contributed by atoms with Crippen LogP contribution in [0.4, 0.5) is 37.8 Å². The van der Waals surface area contributed by atoms with Crippen LogP contribution in [0.25, 0.3) is 22.4 Å². The second-order valence-corrected chi connectivity index (χ2v) is 8.43. The molecule has 1 aliphatic carbocycles. The van der Waals surface area contributed by atoms with E-state index in [-0.39, 0.29) is 5.82 Å². The van der Waals surface area contributed by atoms with E-state index in [0.29, 0.717) is 18.5 Å². The van der Waals surface area contributed by atoms with E-state index in [2.05, 4.69) is 27.3 Å². The minimum atomic E-state index is -5.08. The highest BCUT2D eigenvalue weighted by Crippen LogP contribution is 2.40. The average molecular weight is 597 g/mol. The molecule has 17 heteroatoms. The van der Waals surface area contributed by atoms with Gasteiger partial charge in [0.2, 0.25) is 0 Å². The number of nitrogens with two attached hydrogens (primary N) is 1. The number of fused-ring (bicyclic) bond motifs is 3. The van der Waals surface area contributed by atoms with Crippen LogP contribution in [0, 0.1) is 22.7 Å². The van der Waals surface area contributed by atoms with Crippen LogP contribution in [-0.4, -0.2) is 63.3 Å². The largest absolute Gasteiger partial charge is 0.490 e. The Bertz CT molecular complexity index is 1500. The molecule has 1 aliphatic rings. The highest BCUT2D eigenvalue weighted by atomic mass is 19.4. The number of nitriles is 2. The summed E-state index contributed by atoms with van der Waals surface area (Å²) in [6.45, 7) is 0.667. The van der Waals surface area contributed by atoms with Gasteiger partial charge in [-0.1, -0.05) is 12.1 Å². The molecule has 0 unspecified atom stereocenters. The summed E-state index contributed by atoms with van der Waals surface area (Å²) < 4.78 is 63.5. The molecule has 2 aromatic heterocycles. The first-order valence-corrected chi connectivity index (χ1v) is 11.6. The number of rotatable bonds is 4. The van der Waals surface area contributed by atoms with Crippen LogP contribution in [0.5, 0.6) is 0 Å². The Morgan fingerprint density at radius 3 is 2.07 bits per heavy atom. The van der Waals surface area contributed by atoms with Gasteiger partial charge < -0.3 is 20.8 Å². The van der Waals surface area contributed by atoms with Crippen molar-refractivity contribution < 1.29 is 46.1 Å². The zero-order chi connectivity index (χ0) is 31.8. The summed E-state index contributed by atoms with van der Waals surface area (Å²) >= 11 is 0. The van der Waals surface area contributed by atoms with Crippen LogP contribution >= 0.6 is 0 Å². The van der Waals surface area contributed by atoms with Gasteiger partial charge in [-0.15, -0.1) is 0 Å². The molecule has 3 aromatic rings. The van der Waals surface area contributed by atoms with Crippen molar-refractivity contribution >= 4 is 23.4 Å². The molecule has 1 aromatic carbocycles. The average Bonchev–Trinajstić information content (AvgIpc) is 3.40. The van der Waals surface area contributed by atoms with Crippen LogP contribution in [0.3, 0.4) is 0 Å². The van der Waals surface area contributed by atoms with E-state index >= 15 is 0 Å². The standard InChI is InChI=1S/C21H19N7.2C2HF3O2/c1-28(10-2-9-22)14-5-3-13(4-6-14)19-15-7-8-18-17(12-25-27-18)20(15)26-21(24)16(19)11-23;2*3-2(4,5)1(6)7/h3-6,12H,2,7-8,10H2,1H3,(H2,24,26)(H,25,27);2*(H,6,7). The van der Waals surface area contributed by atoms with Gasteiger partial charge in [-0.3, -0.25) is 5.10 Å². The molecule has 0 saturated heterocycles. The van der Waals surface area contributed by atoms with Crippen LogP contribution in [0.1, 0.15) is 23.2 Å². The minimum absolute atomic E-state index is 0.237. The number of halogens is 6. The van der Waals surface area contributed by atoms with E-state index in [9.17, 15) is 31.6 Å². The van der Waals surface area contributed by atoms with Crippen molar-refractivity contribution in [3.05, 3.63) is 47.3 Å². The van der Waals surface area contributed by atoms with E-state index in [1.807, 2.05) is 36.2 Å². The Hall–Kier alpha value is -5.32. The number of hydrogen-bond acceptors (Lipinski definition) is 8. The smallest absolute Gasteiger partial charge is 0.475 e. The van der Waals surface area contributed by atoms with Crippen molar-refractivity contribution in [2.45, 2.75) is 31.6 Å². The molecule has 4 rings (SSSR count). The molecule has 0 spiro atoms. The van der Waals surface area contributed by atoms with Crippen LogP contribution in [0.2, 0.25) is 0 Å². The van der Waals surface area contributed by atoms with Crippen LogP contribution in [0.15, 0.2) is 30.5 Å². The molecule has 11 nitrogen and oxygen atoms in total. The maximum absolute atomic E-state index is 10.6. The summed E-state index contributed by atoms with van der Waals surface area (Å²) in [5.41, 5.74) is 13.2. The Morgan fingerprint density at radius 1 is 1.05 bits per heavy atom. The first-order valence-electron chi connectivity index (χ1n) is 11.6. The van der Waals surface area contributed by atoms with E-state index in [0.717, 1.165) is 52.2 Å². The molecule has 0 bridgehead atoms. The summed E-state index contributed by atoms with van der Waals surface area (Å²) in [6.07, 6.45) is -6.34. The molecule has 0 radical (unpaired) electrons. The van der Waals surface area contributed by atoms with Gasteiger partial charge in [0.25, 0.3) is 0 Å². The number of alkyl halides is 6. The van der Waals surface area contributed by atoms with E-state index in [1.165, 1.54) is 0 Å². The summed E-state index contributed by atoms with van der Waals surface area (Å²) in [6, 6.07) is 12.4. The third-order valence-corrected chi connectivity index (χ3v) is 5.68. The SMILES string of the molecule is CN(CCC#N)c1ccc(-c2c(C#N)c(N)nc3c2CCc2[nH]ncc2-3)cc1.O=C(O)C(F)(F)F.O=C(O)C(F)(F)F. The zero-order valence-electron chi connectivity index (χ0n) is 21.5. The summed E-state index contributed by atoms with van der Waals surface area (Å²) in [5.74, 6) is -5.28. The number of nitrogen functional groups attached to an aromatic ring is 1. The zero-order valence-corrected chi connectivity index (χ0v) is 21.5. The van der Waals surface area contributed by atoms with Crippen molar-refractivity contribution in [3.63, 3.8) is 0 Å². The van der Waals surface area contributed by atoms with Gasteiger partial charge >= 0.3 is 24.3 Å². The van der Waals surface area contributed by atoms with Crippen molar-refractivity contribution in [1.29, 1.82) is 10.5 Å². The number of nitrogens with one attached hydrogen (secondary N) is 1. The topological polar surface area (TPSA) is 193 Å². The summed E-state index contributed by atoms with van der Waals surface area (Å²) in [7, 11) is 1.96. The molecule has 42 heavy (non-hydrogen) atoms. The summed E-state index contributed by atoms with van der Waals surface area (Å²) in [5, 5.41) is 39.9. The summed E-state index contributed by atoms with van der Waals surface area (Å²) in [4.78, 5) is 24.3. The van der Waals surface area contributed by atoms with Crippen molar-refractivity contribution in [2.24, 2.45) is 0 Å². The molecule has 5 N–H and O–H groups in total. The Balaban J connectivity index is 0.000000367. The molecule has 0 saturated carbocycles. The number of hydrogen-bond donors (Lipinski definition) is 4. The van der Waals surface area contributed by atoms with E-state index in [1.54, 1.807) is 6.20 Å². The molecule has 222 valence electrons. The lowest BCUT2D eigenvalue weighted by Gasteiger charge is -2.22. The fourth-order valence-electron chi connectivity index (χ4n) is 3.73. The van der Waals surface area contributed by atoms with Gasteiger partial charge in [-0.05, 0) is 36.1 Å². The van der Waals surface area contributed by atoms with Crippen molar-refractivity contribution in [1.82, 2.24) is 15.2 Å². The maximum atomic E-state index is 10.6. The van der Waals surface area contributed by atoms with E-state index < -0.39 is 24.3 Å². The second kappa shape index (κ2) is 13.4. The van der Waals surface area contributed by atoms with Gasteiger partial charge in [-0.2, -0.15) is 42.0 Å². The van der Waals surface area contributed by atoms with E-state index in [4.69, 9.17) is 30.8 Å². The fourth-order valence-corrected chi connectivity index (χ4v) is 3.73. The van der Waals surface area contributed by atoms with Crippen LogP contribution < -0.4 is 10.6 Å². The fraction of sp³-hybridized carbons (Fsp3) is 0.280. The molecular weight excluding hydrogens is 576 g/mol. The lowest BCUT2D eigenvalue weighted by molar-refractivity contribution is -0.193.